The van der Waals surface area contributed by atoms with Gasteiger partial charge >= 0.3 is 0 Å². The first-order chi connectivity index (χ1) is 20.6. The Hall–Kier alpha value is -3.84. The molecule has 1 fully saturated rings. The Morgan fingerprint density at radius 3 is 1.24 bits per heavy atom. The number of carbonyl (C=O) groups is 4. The Morgan fingerprint density at radius 2 is 0.905 bits per heavy atom. The van der Waals surface area contributed by atoms with Crippen LogP contribution in [0.5, 0.6) is 11.5 Å². The van der Waals surface area contributed by atoms with Crippen molar-refractivity contribution in [1.29, 1.82) is 0 Å². The zero-order valence-corrected chi connectivity index (χ0v) is 23.6. The van der Waals surface area contributed by atoms with Gasteiger partial charge < -0.3 is 38.2 Å². The molecule has 0 spiro atoms. The van der Waals surface area contributed by atoms with Gasteiger partial charge in [-0.3, -0.25) is 19.2 Å². The number of hydrogen-bond donors (Lipinski definition) is 0. The lowest BCUT2D eigenvalue weighted by Crippen LogP contribution is -2.40. The fourth-order valence-electron chi connectivity index (χ4n) is 3.95. The topological polar surface area (TPSA) is 130 Å². The van der Waals surface area contributed by atoms with E-state index in [1.165, 1.54) is 0 Å². The van der Waals surface area contributed by atoms with Gasteiger partial charge in [-0.15, -0.1) is 0 Å². The molecule has 2 aromatic rings. The van der Waals surface area contributed by atoms with Gasteiger partial charge in [0.05, 0.1) is 64.0 Å². The number of carbonyl (C=O) groups excluding carboxylic acids is 4. The maximum Gasteiger partial charge on any atom is 0.260 e. The summed E-state index contributed by atoms with van der Waals surface area (Å²) in [5.41, 5.74) is 0.746. The molecule has 0 aromatic heterocycles. The minimum Gasteiger partial charge on any atom is -0.483 e. The molecule has 12 heteroatoms. The fourth-order valence-corrected chi connectivity index (χ4v) is 3.95. The smallest absolute Gasteiger partial charge is 0.260 e. The molecule has 0 unspecified atom stereocenters. The lowest BCUT2D eigenvalue weighted by atomic mass is 10.2. The molecule has 1 saturated heterocycles. The van der Waals surface area contributed by atoms with Crippen molar-refractivity contribution in [3.8, 4) is 11.5 Å². The van der Waals surface area contributed by atoms with E-state index in [4.69, 9.17) is 28.4 Å². The number of rotatable bonds is 8. The Bertz CT molecular complexity index is 1020. The second-order valence-electron chi connectivity index (χ2n) is 9.10. The summed E-state index contributed by atoms with van der Waals surface area (Å²) in [6.07, 6.45) is 1.37. The van der Waals surface area contributed by atoms with E-state index in [0.29, 0.717) is 87.8 Å². The Kier molecular flexibility index (Phi) is 15.0. The largest absolute Gasteiger partial charge is 0.483 e. The van der Waals surface area contributed by atoms with Crippen LogP contribution in [-0.4, -0.2) is 126 Å². The highest BCUT2D eigenvalue weighted by Gasteiger charge is 2.17. The normalized spacial score (nSPS) is 16.5. The van der Waals surface area contributed by atoms with Crippen LogP contribution in [0.25, 0.3) is 0 Å². The van der Waals surface area contributed by atoms with Gasteiger partial charge in [-0.1, -0.05) is 24.3 Å². The van der Waals surface area contributed by atoms with Crippen molar-refractivity contribution in [1.82, 2.24) is 9.80 Å². The Balaban J connectivity index is 1.45. The minimum absolute atomic E-state index is 0.221. The van der Waals surface area contributed by atoms with E-state index in [1.54, 1.807) is 58.3 Å². The fraction of sp³-hybridized carbons (Fsp3) is 0.467. The van der Waals surface area contributed by atoms with Crippen molar-refractivity contribution in [3.05, 3.63) is 59.7 Å². The van der Waals surface area contributed by atoms with E-state index >= 15 is 0 Å². The summed E-state index contributed by atoms with van der Waals surface area (Å²) in [5.74, 6) is 0.182. The van der Waals surface area contributed by atoms with Crippen LogP contribution in [0.15, 0.2) is 48.5 Å². The molecule has 2 amide bonds. The average Bonchev–Trinajstić information content (AvgIpc) is 3.02. The van der Waals surface area contributed by atoms with Crippen LogP contribution in [0, 0.1) is 0 Å². The first kappa shape index (κ1) is 32.7. The predicted octanol–water partition coefficient (Wildman–Crippen LogP) is 1.51. The predicted molar refractivity (Wildman–Crippen MR) is 151 cm³/mol. The molecule has 0 atom stereocenters. The molecule has 1 aliphatic heterocycles. The maximum atomic E-state index is 12.8. The first-order valence-electron chi connectivity index (χ1n) is 13.8. The van der Waals surface area contributed by atoms with Gasteiger partial charge in [-0.2, -0.15) is 0 Å². The standard InChI is InChI=1S/C30H38N2O10/c33-21-25-5-1-3-7-27(25)41-23-29(35)31-9-13-37-17-19-39-15-11-32(12-16-40-20-18-38-14-10-31)30(36)24-42-28-8-4-2-6-26(28)22-34/h1-8,21-22H,9-20,23-24H2. The number of amides is 2. The summed E-state index contributed by atoms with van der Waals surface area (Å²) >= 11 is 0. The zero-order valence-electron chi connectivity index (χ0n) is 23.6. The zero-order chi connectivity index (χ0) is 29.8. The van der Waals surface area contributed by atoms with E-state index in [-0.39, 0.29) is 51.5 Å². The van der Waals surface area contributed by atoms with Gasteiger partial charge in [0.15, 0.2) is 25.8 Å². The summed E-state index contributed by atoms with van der Waals surface area (Å²) < 4.78 is 33.8. The summed E-state index contributed by atoms with van der Waals surface area (Å²) in [6.45, 7) is 3.24. The van der Waals surface area contributed by atoms with Gasteiger partial charge in [-0.25, -0.2) is 0 Å². The lowest BCUT2D eigenvalue weighted by Gasteiger charge is -2.24. The number of ether oxygens (including phenoxy) is 6. The first-order valence-corrected chi connectivity index (χ1v) is 13.8. The molecule has 0 N–H and O–H groups in total. The third-order valence-corrected chi connectivity index (χ3v) is 6.27. The molecule has 228 valence electrons. The van der Waals surface area contributed by atoms with Gasteiger partial charge in [0, 0.05) is 26.2 Å². The summed E-state index contributed by atoms with van der Waals surface area (Å²) in [7, 11) is 0. The van der Waals surface area contributed by atoms with Crippen LogP contribution in [0.1, 0.15) is 20.7 Å². The van der Waals surface area contributed by atoms with Crippen molar-refractivity contribution in [2.75, 3.05) is 92.2 Å². The molecule has 0 bridgehead atoms. The average molecular weight is 587 g/mol. The highest BCUT2D eigenvalue weighted by atomic mass is 16.5. The minimum atomic E-state index is -0.256. The summed E-state index contributed by atoms with van der Waals surface area (Å²) in [5, 5.41) is 0. The number of nitrogens with zero attached hydrogens (tertiary/aromatic N) is 2. The number of para-hydroxylation sites is 2. The van der Waals surface area contributed by atoms with Gasteiger partial charge in [-0.05, 0) is 24.3 Å². The van der Waals surface area contributed by atoms with E-state index in [0.717, 1.165) is 0 Å². The van der Waals surface area contributed by atoms with Crippen molar-refractivity contribution >= 4 is 24.4 Å². The molecule has 0 aliphatic carbocycles. The highest BCUT2D eigenvalue weighted by molar-refractivity contribution is 5.81. The molecule has 0 radical (unpaired) electrons. The maximum absolute atomic E-state index is 12.8. The third-order valence-electron chi connectivity index (χ3n) is 6.27. The molecule has 12 nitrogen and oxygen atoms in total. The van der Waals surface area contributed by atoms with Gasteiger partial charge in [0.2, 0.25) is 0 Å². The second kappa shape index (κ2) is 19.3. The summed E-state index contributed by atoms with van der Waals surface area (Å²) in [4.78, 5) is 51.3. The quantitative estimate of drug-likeness (QED) is 0.420. The molecular weight excluding hydrogens is 548 g/mol. The van der Waals surface area contributed by atoms with E-state index < -0.39 is 0 Å². The molecule has 1 heterocycles. The summed E-state index contributed by atoms with van der Waals surface area (Å²) in [6, 6.07) is 13.4. The van der Waals surface area contributed by atoms with Crippen molar-refractivity contribution in [2.24, 2.45) is 0 Å². The van der Waals surface area contributed by atoms with Crippen LogP contribution in [0.4, 0.5) is 0 Å². The second-order valence-corrected chi connectivity index (χ2v) is 9.10. The van der Waals surface area contributed by atoms with Crippen LogP contribution < -0.4 is 9.47 Å². The van der Waals surface area contributed by atoms with E-state index in [9.17, 15) is 19.2 Å². The molecule has 2 aromatic carbocycles. The van der Waals surface area contributed by atoms with Crippen molar-refractivity contribution in [2.45, 2.75) is 0 Å². The van der Waals surface area contributed by atoms with Gasteiger partial charge in [0.1, 0.15) is 11.5 Å². The molecule has 1 aliphatic rings. The molecule has 42 heavy (non-hydrogen) atoms. The van der Waals surface area contributed by atoms with Crippen molar-refractivity contribution in [3.63, 3.8) is 0 Å². The van der Waals surface area contributed by atoms with Crippen molar-refractivity contribution < 1.29 is 47.6 Å². The molecular formula is C30H38N2O10. The Morgan fingerprint density at radius 1 is 0.571 bits per heavy atom. The Labute approximate surface area is 245 Å². The number of aldehydes is 2. The van der Waals surface area contributed by atoms with E-state index in [1.807, 2.05) is 0 Å². The van der Waals surface area contributed by atoms with Crippen LogP contribution >= 0.6 is 0 Å². The lowest BCUT2D eigenvalue weighted by molar-refractivity contribution is -0.136. The molecule has 3 rings (SSSR count). The number of hydrogen-bond acceptors (Lipinski definition) is 10. The van der Waals surface area contributed by atoms with Crippen LogP contribution in [-0.2, 0) is 28.5 Å². The van der Waals surface area contributed by atoms with Crippen LogP contribution in [0.3, 0.4) is 0 Å². The monoisotopic (exact) mass is 586 g/mol. The number of benzene rings is 2. The van der Waals surface area contributed by atoms with Crippen LogP contribution in [0.2, 0.25) is 0 Å². The highest BCUT2D eigenvalue weighted by Crippen LogP contribution is 2.16. The third kappa shape index (κ3) is 11.6. The SMILES string of the molecule is O=Cc1ccccc1OCC(=O)N1CCOCCOCCN(C(=O)COc2ccccc2C=O)CCOCCOCC1. The molecule has 0 saturated carbocycles. The van der Waals surface area contributed by atoms with Gasteiger partial charge in [0.25, 0.3) is 11.8 Å². The van der Waals surface area contributed by atoms with E-state index in [2.05, 4.69) is 0 Å².